The number of fused-ring (bicyclic) bond motifs is 13. The lowest BCUT2D eigenvalue weighted by Crippen LogP contribution is -2.61. The first kappa shape index (κ1) is 61.9. The van der Waals surface area contributed by atoms with Crippen LogP contribution in [0.1, 0.15) is 52.7 Å². The molecule has 20 rings (SSSR count). The molecule has 0 radical (unpaired) electrons. The molecule has 0 saturated heterocycles. The SMILES string of the molecule is CC(C)(C)c1ccc2sc3ccc(-c4ccc5c(c4)N(c4c(-c6ccccc6)cncc4-c4ccccc4)c4cc(-n6c7ccccc7c7ccccc76)cc6c4B5c4ccc(-c5ccc7sc8ccc(C(C)(C)C)cc8c7c5)cc4N6c4c(-c5ccccc5)cncc4-c4ccccc4)cc3c2c1. The highest BCUT2D eigenvalue weighted by molar-refractivity contribution is 7.26. The maximum Gasteiger partial charge on any atom is 0.252 e. The number of anilines is 6. The van der Waals surface area contributed by atoms with Gasteiger partial charge in [0.1, 0.15) is 0 Å². The molecule has 0 atom stereocenters. The smallest absolute Gasteiger partial charge is 0.252 e. The molecule has 0 aliphatic carbocycles. The minimum Gasteiger partial charge on any atom is -0.310 e. The van der Waals surface area contributed by atoms with Gasteiger partial charge in [-0.2, -0.15) is 0 Å². The van der Waals surface area contributed by atoms with Gasteiger partial charge in [-0.05, 0) is 168 Å². The number of aromatic nitrogens is 3. The number of para-hydroxylation sites is 2. The topological polar surface area (TPSA) is 37.2 Å². The Labute approximate surface area is 614 Å². The molecule has 2 aliphatic rings. The fourth-order valence-electron chi connectivity index (χ4n) is 16.7. The van der Waals surface area contributed by atoms with Crippen molar-refractivity contribution in [2.45, 2.75) is 52.4 Å². The van der Waals surface area contributed by atoms with E-state index in [0.717, 1.165) is 118 Å². The van der Waals surface area contributed by atoms with E-state index >= 15 is 0 Å². The van der Waals surface area contributed by atoms with Crippen molar-refractivity contribution in [2.75, 3.05) is 9.80 Å². The van der Waals surface area contributed by atoms with Crippen molar-refractivity contribution >= 4 is 142 Å². The van der Waals surface area contributed by atoms with Crippen molar-refractivity contribution in [3.05, 3.63) is 327 Å². The molecule has 0 saturated carbocycles. The quantitative estimate of drug-likeness (QED) is 0.135. The number of benzene rings is 13. The molecule has 0 bridgehead atoms. The summed E-state index contributed by atoms with van der Waals surface area (Å²) < 4.78 is 7.69. The van der Waals surface area contributed by atoms with Gasteiger partial charge in [-0.25, -0.2) is 0 Å². The number of hydrogen-bond acceptors (Lipinski definition) is 6. The third-order valence-corrected chi connectivity index (χ3v) is 24.2. The van der Waals surface area contributed by atoms with Crippen LogP contribution in [0, 0.1) is 0 Å². The first-order valence-electron chi connectivity index (χ1n) is 36.0. The van der Waals surface area contributed by atoms with E-state index in [-0.39, 0.29) is 17.5 Å². The van der Waals surface area contributed by atoms with Crippen LogP contribution in [-0.4, -0.2) is 21.2 Å². The second kappa shape index (κ2) is 23.8. The van der Waals surface area contributed by atoms with Crippen LogP contribution in [0.4, 0.5) is 34.1 Å². The average Bonchev–Trinajstić information content (AvgIpc) is 0.887. The van der Waals surface area contributed by atoms with Crippen LogP contribution >= 0.6 is 22.7 Å². The van der Waals surface area contributed by atoms with Gasteiger partial charge in [-0.15, -0.1) is 22.7 Å². The maximum atomic E-state index is 5.22. The molecule has 2 aliphatic heterocycles. The van der Waals surface area contributed by atoms with E-state index < -0.39 is 0 Å². The fourth-order valence-corrected chi connectivity index (χ4v) is 18.8. The molecule has 5 nitrogen and oxygen atoms in total. The lowest BCUT2D eigenvalue weighted by Gasteiger charge is -2.46. The van der Waals surface area contributed by atoms with E-state index in [4.69, 9.17) is 9.97 Å². The summed E-state index contributed by atoms with van der Waals surface area (Å²) in [6.07, 6.45) is 8.37. The minimum atomic E-state index is -0.268. The monoisotopic (exact) mass is 1370 g/mol. The second-order valence-corrected chi connectivity index (χ2v) is 32.3. The molecule has 0 spiro atoms. The normalized spacial score (nSPS) is 12.8. The molecule has 5 aromatic heterocycles. The van der Waals surface area contributed by atoms with Crippen LogP contribution in [0.2, 0.25) is 0 Å². The highest BCUT2D eigenvalue weighted by Crippen LogP contribution is 2.55. The zero-order chi connectivity index (χ0) is 69.7. The van der Waals surface area contributed by atoms with Crippen LogP contribution in [0.3, 0.4) is 0 Å². The summed E-state index contributed by atoms with van der Waals surface area (Å²) in [5, 5.41) is 7.55. The summed E-state index contributed by atoms with van der Waals surface area (Å²) in [5.74, 6) is 0. The molecular formula is C96H70BN5S2. The van der Waals surface area contributed by atoms with E-state index in [9.17, 15) is 0 Å². The van der Waals surface area contributed by atoms with Crippen molar-refractivity contribution in [3.8, 4) is 72.4 Å². The van der Waals surface area contributed by atoms with Gasteiger partial charge in [0.2, 0.25) is 0 Å². The molecule has 0 amide bonds. The Kier molecular flexibility index (Phi) is 14.2. The molecule has 0 N–H and O–H groups in total. The van der Waals surface area contributed by atoms with Crippen molar-refractivity contribution in [1.29, 1.82) is 0 Å². The Bertz CT molecular complexity index is 6010. The van der Waals surface area contributed by atoms with Crippen molar-refractivity contribution in [3.63, 3.8) is 0 Å². The molecule has 7 heterocycles. The lowest BCUT2D eigenvalue weighted by molar-refractivity contribution is 0.591. The summed E-state index contributed by atoms with van der Waals surface area (Å²) >= 11 is 3.76. The summed E-state index contributed by atoms with van der Waals surface area (Å²) in [6, 6.07) is 110. The van der Waals surface area contributed by atoms with Gasteiger partial charge >= 0.3 is 0 Å². The van der Waals surface area contributed by atoms with E-state index in [1.165, 1.54) is 78.6 Å². The number of rotatable bonds is 9. The molecule has 494 valence electrons. The molecule has 0 fully saturated rings. The Morgan fingerprint density at radius 2 is 0.615 bits per heavy atom. The van der Waals surface area contributed by atoms with Crippen LogP contribution in [0.25, 0.3) is 135 Å². The summed E-state index contributed by atoms with van der Waals surface area (Å²) in [7, 11) is 0. The standard InChI is InChI=1S/C96H70BN5S2/c1-95(2,3)67-39-45-90-74(51-67)72-47-63(37-43-88(72)103-90)65-35-41-80-84(49-65)101(93-76(59-23-11-7-12-24-59)55-98-56-77(93)60-25-13-8-14-26-60)86-53-69(100-82-33-21-19-31-70(82)71-32-20-22-34-83(71)100)54-87-92(86)97(80)81-42-36-66(64-38-44-89-73(48-64)75-52-68(96(4,5)6)40-46-91(75)104-89)50-85(81)102(87)94-78(61-27-15-9-16-28-61)57-99-58-79(94)62-29-17-10-18-30-62/h7-58H,1-6H3. The first-order chi connectivity index (χ1) is 50.8. The molecule has 104 heavy (non-hydrogen) atoms. The van der Waals surface area contributed by atoms with Gasteiger partial charge in [0.05, 0.1) is 28.1 Å². The van der Waals surface area contributed by atoms with Crippen LogP contribution in [0.15, 0.2) is 316 Å². The highest BCUT2D eigenvalue weighted by Gasteiger charge is 2.46. The second-order valence-electron chi connectivity index (χ2n) is 30.1. The van der Waals surface area contributed by atoms with Crippen LogP contribution in [0.5, 0.6) is 0 Å². The number of pyridine rings is 2. The molecular weight excluding hydrogens is 1300 g/mol. The number of nitrogens with zero attached hydrogens (tertiary/aromatic N) is 5. The van der Waals surface area contributed by atoms with E-state index in [0.29, 0.717) is 0 Å². The number of thiophene rings is 2. The Balaban J connectivity index is 0.943. The predicted molar refractivity (Wildman–Crippen MR) is 446 cm³/mol. The average molecular weight is 1370 g/mol. The predicted octanol–water partition coefficient (Wildman–Crippen LogP) is 25.0. The van der Waals surface area contributed by atoms with E-state index in [2.05, 4.69) is 372 Å². The summed E-state index contributed by atoms with van der Waals surface area (Å²) in [5.41, 5.74) is 29.0. The van der Waals surface area contributed by atoms with Gasteiger partial charge in [-0.1, -0.05) is 248 Å². The number of hydrogen-bond donors (Lipinski definition) is 0. The zero-order valence-electron chi connectivity index (χ0n) is 58.7. The van der Waals surface area contributed by atoms with E-state index in [1.807, 2.05) is 22.7 Å². The molecule has 13 aromatic carbocycles. The highest BCUT2D eigenvalue weighted by atomic mass is 32.1. The van der Waals surface area contributed by atoms with E-state index in [1.54, 1.807) is 0 Å². The molecule has 18 aromatic rings. The van der Waals surface area contributed by atoms with Crippen LogP contribution in [-0.2, 0) is 10.8 Å². The van der Waals surface area contributed by atoms with Crippen molar-refractivity contribution < 1.29 is 0 Å². The largest absolute Gasteiger partial charge is 0.310 e. The first-order valence-corrected chi connectivity index (χ1v) is 37.6. The Hall–Kier alpha value is -11.9. The van der Waals surface area contributed by atoms with Gasteiger partial charge < -0.3 is 14.4 Å². The third kappa shape index (κ3) is 9.94. The van der Waals surface area contributed by atoms with Crippen molar-refractivity contribution in [1.82, 2.24) is 14.5 Å². The Morgan fingerprint density at radius 1 is 0.288 bits per heavy atom. The third-order valence-electron chi connectivity index (χ3n) is 21.9. The van der Waals surface area contributed by atoms with Gasteiger partial charge in [-0.3, -0.25) is 9.97 Å². The minimum absolute atomic E-state index is 0.00275. The van der Waals surface area contributed by atoms with Crippen LogP contribution < -0.4 is 26.2 Å². The Morgan fingerprint density at radius 3 is 0.990 bits per heavy atom. The summed E-state index contributed by atoms with van der Waals surface area (Å²) in [6.45, 7) is 13.6. The molecule has 8 heteroatoms. The van der Waals surface area contributed by atoms with Gasteiger partial charge in [0.25, 0.3) is 6.71 Å². The fraction of sp³-hybridized carbons (Fsp3) is 0.0833. The zero-order valence-corrected chi connectivity index (χ0v) is 60.3. The van der Waals surface area contributed by atoms with Gasteiger partial charge in [0.15, 0.2) is 0 Å². The summed E-state index contributed by atoms with van der Waals surface area (Å²) in [4.78, 5) is 15.7. The van der Waals surface area contributed by atoms with Crippen molar-refractivity contribution in [2.24, 2.45) is 0 Å². The lowest BCUT2D eigenvalue weighted by atomic mass is 9.33. The van der Waals surface area contributed by atoms with Gasteiger partial charge in [0, 0.05) is 121 Å². The maximum absolute atomic E-state index is 5.22. The molecule has 0 unspecified atom stereocenters.